The van der Waals surface area contributed by atoms with Gasteiger partial charge in [-0.25, -0.2) is 4.79 Å². The van der Waals surface area contributed by atoms with E-state index in [1.807, 2.05) is 13.8 Å². The van der Waals surface area contributed by atoms with E-state index in [9.17, 15) is 9.90 Å². The molecule has 0 amide bonds. The van der Waals surface area contributed by atoms with Crippen molar-refractivity contribution in [3.05, 3.63) is 35.4 Å². The van der Waals surface area contributed by atoms with Crippen molar-refractivity contribution in [3.8, 4) is 5.75 Å². The number of benzene rings is 1. The molecule has 3 heteroatoms. The van der Waals surface area contributed by atoms with Crippen LogP contribution in [0.25, 0.3) is 6.08 Å². The highest BCUT2D eigenvalue weighted by Gasteiger charge is 2.05. The van der Waals surface area contributed by atoms with Crippen LogP contribution < -0.4 is 0 Å². The monoisotopic (exact) mass is 248 g/mol. The molecule has 1 unspecified atom stereocenters. The van der Waals surface area contributed by atoms with Crippen LogP contribution in [0.3, 0.4) is 0 Å². The van der Waals surface area contributed by atoms with Gasteiger partial charge in [-0.3, -0.25) is 0 Å². The van der Waals surface area contributed by atoms with Crippen LogP contribution in [0.4, 0.5) is 0 Å². The number of phenolic OH excluding ortho intramolecular Hbond substituents is 1. The van der Waals surface area contributed by atoms with Crippen molar-refractivity contribution in [2.75, 3.05) is 0 Å². The van der Waals surface area contributed by atoms with E-state index in [0.717, 1.165) is 24.0 Å². The van der Waals surface area contributed by atoms with E-state index in [2.05, 4.69) is 6.92 Å². The molecule has 0 aliphatic rings. The second-order valence-corrected chi connectivity index (χ2v) is 4.41. The second-order valence-electron chi connectivity index (χ2n) is 4.41. The number of carbonyl (C=O) groups is 1. The van der Waals surface area contributed by atoms with Crippen LogP contribution in [0.2, 0.25) is 0 Å². The van der Waals surface area contributed by atoms with Gasteiger partial charge in [0.15, 0.2) is 0 Å². The summed E-state index contributed by atoms with van der Waals surface area (Å²) in [4.78, 5) is 11.5. The van der Waals surface area contributed by atoms with Crippen LogP contribution in [0.1, 0.15) is 37.8 Å². The highest BCUT2D eigenvalue weighted by molar-refractivity contribution is 5.87. The van der Waals surface area contributed by atoms with Crippen molar-refractivity contribution >= 4 is 12.0 Å². The number of phenols is 1. The summed E-state index contributed by atoms with van der Waals surface area (Å²) in [6, 6.07) is 5.02. The molecule has 0 aliphatic carbocycles. The van der Waals surface area contributed by atoms with Crippen LogP contribution in [0.5, 0.6) is 5.75 Å². The molecule has 1 N–H and O–H groups in total. The molecule has 0 aromatic heterocycles. The summed E-state index contributed by atoms with van der Waals surface area (Å²) < 4.78 is 5.20. The predicted molar refractivity (Wildman–Crippen MR) is 72.3 cm³/mol. The third-order valence-electron chi connectivity index (χ3n) is 2.66. The maximum atomic E-state index is 11.5. The number of esters is 1. The van der Waals surface area contributed by atoms with Crippen molar-refractivity contribution in [2.45, 2.75) is 39.7 Å². The fraction of sp³-hybridized carbons (Fsp3) is 0.400. The first-order valence-corrected chi connectivity index (χ1v) is 6.21. The summed E-state index contributed by atoms with van der Waals surface area (Å²) in [5.74, 6) is -0.104. The Hall–Kier alpha value is -1.77. The lowest BCUT2D eigenvalue weighted by molar-refractivity contribution is -0.142. The Labute approximate surface area is 108 Å². The molecule has 0 bridgehead atoms. The van der Waals surface area contributed by atoms with E-state index in [-0.39, 0.29) is 17.8 Å². The standard InChI is InChI=1S/C15H20O3/c1-4-5-12(3)18-15(17)9-7-13-6-8-14(16)10-11(13)2/h6-10,12,16H,4-5H2,1-3H3/b9-7+. The van der Waals surface area contributed by atoms with Crippen LogP contribution in [0.15, 0.2) is 24.3 Å². The molecule has 18 heavy (non-hydrogen) atoms. The minimum atomic E-state index is -0.330. The minimum absolute atomic E-state index is 0.0481. The summed E-state index contributed by atoms with van der Waals surface area (Å²) in [6.45, 7) is 5.82. The number of ether oxygens (including phenoxy) is 1. The molecule has 0 saturated heterocycles. The zero-order chi connectivity index (χ0) is 13.5. The zero-order valence-corrected chi connectivity index (χ0v) is 11.1. The number of carbonyl (C=O) groups excluding carboxylic acids is 1. The van der Waals surface area contributed by atoms with Gasteiger partial charge in [0.2, 0.25) is 0 Å². The molecule has 0 saturated carbocycles. The molecule has 1 atom stereocenters. The van der Waals surface area contributed by atoms with Crippen molar-refractivity contribution in [3.63, 3.8) is 0 Å². The maximum absolute atomic E-state index is 11.5. The van der Waals surface area contributed by atoms with Crippen LogP contribution in [0, 0.1) is 6.92 Å². The number of rotatable bonds is 5. The van der Waals surface area contributed by atoms with Gasteiger partial charge in [-0.2, -0.15) is 0 Å². The SMILES string of the molecule is CCCC(C)OC(=O)/C=C/c1ccc(O)cc1C. The van der Waals surface area contributed by atoms with Gasteiger partial charge < -0.3 is 9.84 Å². The normalized spacial score (nSPS) is 12.6. The number of aromatic hydroxyl groups is 1. The van der Waals surface area contributed by atoms with Gasteiger partial charge in [0.25, 0.3) is 0 Å². The van der Waals surface area contributed by atoms with E-state index < -0.39 is 0 Å². The summed E-state index contributed by atoms with van der Waals surface area (Å²) in [5.41, 5.74) is 1.81. The molecule has 0 fully saturated rings. The van der Waals surface area contributed by atoms with Gasteiger partial charge in [0.1, 0.15) is 5.75 Å². The fourth-order valence-corrected chi connectivity index (χ4v) is 1.71. The summed E-state index contributed by atoms with van der Waals surface area (Å²) in [7, 11) is 0. The highest BCUT2D eigenvalue weighted by atomic mass is 16.5. The topological polar surface area (TPSA) is 46.5 Å². The Balaban J connectivity index is 2.60. The van der Waals surface area contributed by atoms with Gasteiger partial charge in [0, 0.05) is 6.08 Å². The number of aryl methyl sites for hydroxylation is 1. The average Bonchev–Trinajstić information content (AvgIpc) is 2.28. The van der Waals surface area contributed by atoms with E-state index in [1.165, 1.54) is 6.08 Å². The molecule has 0 heterocycles. The average molecular weight is 248 g/mol. The van der Waals surface area contributed by atoms with Crippen molar-refractivity contribution in [1.29, 1.82) is 0 Å². The second kappa shape index (κ2) is 6.84. The molecule has 1 aromatic carbocycles. The Bertz CT molecular complexity index is 435. The first-order chi connectivity index (χ1) is 8.52. The quantitative estimate of drug-likeness (QED) is 0.641. The Kier molecular flexibility index (Phi) is 5.43. The molecule has 1 rings (SSSR count). The smallest absolute Gasteiger partial charge is 0.331 e. The van der Waals surface area contributed by atoms with E-state index in [1.54, 1.807) is 24.3 Å². The molecule has 0 aliphatic heterocycles. The van der Waals surface area contributed by atoms with Gasteiger partial charge in [-0.05, 0) is 49.6 Å². The fourth-order valence-electron chi connectivity index (χ4n) is 1.71. The molecule has 3 nitrogen and oxygen atoms in total. The highest BCUT2D eigenvalue weighted by Crippen LogP contribution is 2.16. The zero-order valence-electron chi connectivity index (χ0n) is 11.1. The van der Waals surface area contributed by atoms with Gasteiger partial charge in [-0.1, -0.05) is 19.4 Å². The maximum Gasteiger partial charge on any atom is 0.331 e. The van der Waals surface area contributed by atoms with Gasteiger partial charge in [0.05, 0.1) is 6.10 Å². The Morgan fingerprint density at radius 2 is 2.22 bits per heavy atom. The summed E-state index contributed by atoms with van der Waals surface area (Å²) in [6.07, 6.45) is 4.95. The lowest BCUT2D eigenvalue weighted by Gasteiger charge is -2.09. The Morgan fingerprint density at radius 3 is 2.83 bits per heavy atom. The lowest BCUT2D eigenvalue weighted by atomic mass is 10.1. The number of hydrogen-bond acceptors (Lipinski definition) is 3. The molecule has 98 valence electrons. The molecule has 0 spiro atoms. The van der Waals surface area contributed by atoms with Crippen molar-refractivity contribution in [2.24, 2.45) is 0 Å². The predicted octanol–water partition coefficient (Wildman–Crippen LogP) is 3.45. The molecular weight excluding hydrogens is 228 g/mol. The van der Waals surface area contributed by atoms with Crippen molar-refractivity contribution in [1.82, 2.24) is 0 Å². The first kappa shape index (κ1) is 14.3. The van der Waals surface area contributed by atoms with E-state index >= 15 is 0 Å². The van der Waals surface area contributed by atoms with Crippen LogP contribution in [-0.4, -0.2) is 17.2 Å². The first-order valence-electron chi connectivity index (χ1n) is 6.21. The Morgan fingerprint density at radius 1 is 1.50 bits per heavy atom. The number of hydrogen-bond donors (Lipinski definition) is 1. The van der Waals surface area contributed by atoms with Gasteiger partial charge >= 0.3 is 5.97 Å². The van der Waals surface area contributed by atoms with Crippen LogP contribution >= 0.6 is 0 Å². The van der Waals surface area contributed by atoms with E-state index in [0.29, 0.717) is 0 Å². The van der Waals surface area contributed by atoms with Crippen LogP contribution in [-0.2, 0) is 9.53 Å². The lowest BCUT2D eigenvalue weighted by Crippen LogP contribution is -2.12. The molecule has 1 aromatic rings. The minimum Gasteiger partial charge on any atom is -0.508 e. The summed E-state index contributed by atoms with van der Waals surface area (Å²) >= 11 is 0. The molecule has 0 radical (unpaired) electrons. The third kappa shape index (κ3) is 4.62. The third-order valence-corrected chi connectivity index (χ3v) is 2.66. The van der Waals surface area contributed by atoms with Crippen molar-refractivity contribution < 1.29 is 14.6 Å². The van der Waals surface area contributed by atoms with Gasteiger partial charge in [-0.15, -0.1) is 0 Å². The van der Waals surface area contributed by atoms with E-state index in [4.69, 9.17) is 4.74 Å². The molecular formula is C15H20O3. The largest absolute Gasteiger partial charge is 0.508 e. The summed E-state index contributed by atoms with van der Waals surface area (Å²) in [5, 5.41) is 9.28.